The standard InChI is InChI=1S/C10H19O6P/c1-5-9(11)15-10(6-2)16-17(12,13-7-3)14-8-4/h5,10H,1,6-8H2,2-4H3. The first-order chi connectivity index (χ1) is 8.01. The number of carbonyl (C=O) groups excluding carboxylic acids is 1. The van der Waals surface area contributed by atoms with Gasteiger partial charge in [-0.1, -0.05) is 13.5 Å². The highest BCUT2D eigenvalue weighted by atomic mass is 31.2. The van der Waals surface area contributed by atoms with E-state index >= 15 is 0 Å². The van der Waals surface area contributed by atoms with Gasteiger partial charge in [0.15, 0.2) is 0 Å². The number of esters is 1. The van der Waals surface area contributed by atoms with Crippen LogP contribution in [0, 0.1) is 0 Å². The molecule has 0 spiro atoms. The number of ether oxygens (including phenoxy) is 1. The van der Waals surface area contributed by atoms with Crippen LogP contribution in [0.5, 0.6) is 0 Å². The molecule has 7 heteroatoms. The van der Waals surface area contributed by atoms with Crippen LogP contribution < -0.4 is 0 Å². The molecule has 0 aliphatic heterocycles. The fourth-order valence-corrected chi connectivity index (χ4v) is 2.22. The molecule has 1 atom stereocenters. The fourth-order valence-electron chi connectivity index (χ4n) is 0.915. The van der Waals surface area contributed by atoms with Crippen molar-refractivity contribution in [1.82, 2.24) is 0 Å². The second kappa shape index (κ2) is 8.42. The van der Waals surface area contributed by atoms with E-state index in [1.54, 1.807) is 20.8 Å². The summed E-state index contributed by atoms with van der Waals surface area (Å²) in [5.74, 6) is -0.656. The van der Waals surface area contributed by atoms with Crippen LogP contribution >= 0.6 is 7.82 Å². The molecule has 0 heterocycles. The van der Waals surface area contributed by atoms with Crippen LogP contribution in [-0.4, -0.2) is 25.5 Å². The van der Waals surface area contributed by atoms with Gasteiger partial charge in [0.05, 0.1) is 13.2 Å². The lowest BCUT2D eigenvalue weighted by Crippen LogP contribution is -2.19. The molecule has 0 bridgehead atoms. The monoisotopic (exact) mass is 266 g/mol. The summed E-state index contributed by atoms with van der Waals surface area (Å²) in [7, 11) is -3.67. The molecule has 0 saturated carbocycles. The van der Waals surface area contributed by atoms with Gasteiger partial charge in [0.2, 0.25) is 6.29 Å². The average Bonchev–Trinajstić information content (AvgIpc) is 2.28. The molecule has 0 saturated heterocycles. The Kier molecular flexibility index (Phi) is 8.08. The maximum Gasteiger partial charge on any atom is 0.477 e. The molecule has 1 unspecified atom stereocenters. The summed E-state index contributed by atoms with van der Waals surface area (Å²) in [6, 6.07) is 0. The van der Waals surface area contributed by atoms with E-state index in [2.05, 4.69) is 6.58 Å². The second-order valence-corrected chi connectivity index (χ2v) is 4.49. The largest absolute Gasteiger partial charge is 0.477 e. The summed E-state index contributed by atoms with van der Waals surface area (Å²) < 4.78 is 31.7. The average molecular weight is 266 g/mol. The summed E-state index contributed by atoms with van der Waals surface area (Å²) in [6.45, 7) is 8.62. The molecule has 0 rings (SSSR count). The molecule has 0 aromatic heterocycles. The van der Waals surface area contributed by atoms with Gasteiger partial charge in [-0.3, -0.25) is 9.05 Å². The third-order valence-corrected chi connectivity index (χ3v) is 3.21. The molecule has 0 aromatic carbocycles. The van der Waals surface area contributed by atoms with E-state index in [4.69, 9.17) is 18.3 Å². The van der Waals surface area contributed by atoms with Crippen molar-refractivity contribution >= 4 is 13.8 Å². The summed E-state index contributed by atoms with van der Waals surface area (Å²) in [4.78, 5) is 11.0. The first-order valence-electron chi connectivity index (χ1n) is 5.41. The predicted molar refractivity (Wildman–Crippen MR) is 62.3 cm³/mol. The summed E-state index contributed by atoms with van der Waals surface area (Å²) >= 11 is 0. The van der Waals surface area contributed by atoms with Gasteiger partial charge >= 0.3 is 13.8 Å². The second-order valence-electron chi connectivity index (χ2n) is 2.87. The van der Waals surface area contributed by atoms with E-state index in [9.17, 15) is 9.36 Å². The molecular formula is C10H19O6P. The summed E-state index contributed by atoms with van der Waals surface area (Å²) in [6.07, 6.45) is 0.339. The highest BCUT2D eigenvalue weighted by Gasteiger charge is 2.30. The van der Waals surface area contributed by atoms with E-state index in [0.717, 1.165) is 6.08 Å². The molecule has 0 N–H and O–H groups in total. The Balaban J connectivity index is 4.53. The number of phosphoric ester groups is 1. The van der Waals surface area contributed by atoms with Crippen molar-refractivity contribution in [2.45, 2.75) is 33.5 Å². The minimum Gasteiger partial charge on any atom is -0.432 e. The molecule has 0 aliphatic carbocycles. The Hall–Kier alpha value is -0.680. The summed E-state index contributed by atoms with van der Waals surface area (Å²) in [5.41, 5.74) is 0. The molecule has 0 fully saturated rings. The smallest absolute Gasteiger partial charge is 0.432 e. The third kappa shape index (κ3) is 6.58. The Labute approximate surface area is 101 Å². The number of hydrogen-bond donors (Lipinski definition) is 0. The zero-order valence-electron chi connectivity index (χ0n) is 10.4. The van der Waals surface area contributed by atoms with Gasteiger partial charge in [-0.25, -0.2) is 13.9 Å². The zero-order chi connectivity index (χ0) is 13.3. The minimum absolute atomic E-state index is 0.170. The first-order valence-corrected chi connectivity index (χ1v) is 6.87. The van der Waals surface area contributed by atoms with E-state index in [0.29, 0.717) is 6.42 Å². The quantitative estimate of drug-likeness (QED) is 0.276. The van der Waals surface area contributed by atoms with Crippen molar-refractivity contribution in [3.63, 3.8) is 0 Å². The highest BCUT2D eigenvalue weighted by molar-refractivity contribution is 7.48. The van der Waals surface area contributed by atoms with Crippen LogP contribution in [0.4, 0.5) is 0 Å². The molecule has 0 amide bonds. The molecular weight excluding hydrogens is 247 g/mol. The molecule has 17 heavy (non-hydrogen) atoms. The Bertz CT molecular complexity index is 281. The van der Waals surface area contributed by atoms with Gasteiger partial charge in [-0.15, -0.1) is 0 Å². The lowest BCUT2D eigenvalue weighted by molar-refractivity contribution is -0.160. The highest BCUT2D eigenvalue weighted by Crippen LogP contribution is 2.50. The van der Waals surface area contributed by atoms with Crippen LogP contribution in [0.15, 0.2) is 12.7 Å². The predicted octanol–water partition coefficient (Wildman–Crippen LogP) is 2.65. The molecule has 0 aliphatic rings. The van der Waals surface area contributed by atoms with E-state index in [-0.39, 0.29) is 13.2 Å². The van der Waals surface area contributed by atoms with Crippen LogP contribution in [0.1, 0.15) is 27.2 Å². The Morgan fingerprint density at radius 2 is 1.82 bits per heavy atom. The minimum atomic E-state index is -3.67. The third-order valence-electron chi connectivity index (χ3n) is 1.57. The van der Waals surface area contributed by atoms with Crippen LogP contribution in [0.2, 0.25) is 0 Å². The molecule has 0 aromatic rings. The van der Waals surface area contributed by atoms with Gasteiger partial charge in [0.25, 0.3) is 0 Å². The molecule has 6 nitrogen and oxygen atoms in total. The molecule has 100 valence electrons. The lowest BCUT2D eigenvalue weighted by Gasteiger charge is -2.21. The van der Waals surface area contributed by atoms with Crippen molar-refractivity contribution in [3.05, 3.63) is 12.7 Å². The number of phosphoric acid groups is 1. The number of carbonyl (C=O) groups is 1. The normalized spacial score (nSPS) is 13.1. The lowest BCUT2D eigenvalue weighted by atomic mass is 10.5. The van der Waals surface area contributed by atoms with Crippen molar-refractivity contribution in [2.75, 3.05) is 13.2 Å². The van der Waals surface area contributed by atoms with Gasteiger partial charge in [-0.05, 0) is 13.8 Å². The van der Waals surface area contributed by atoms with Crippen molar-refractivity contribution in [3.8, 4) is 0 Å². The van der Waals surface area contributed by atoms with Crippen molar-refractivity contribution < 1.29 is 27.7 Å². The zero-order valence-corrected chi connectivity index (χ0v) is 11.3. The van der Waals surface area contributed by atoms with Gasteiger partial charge < -0.3 is 4.74 Å². The summed E-state index contributed by atoms with van der Waals surface area (Å²) in [5, 5.41) is 0. The van der Waals surface area contributed by atoms with Crippen LogP contribution in [0.3, 0.4) is 0 Å². The van der Waals surface area contributed by atoms with Crippen LogP contribution in [-0.2, 0) is 27.7 Å². The Morgan fingerprint density at radius 1 is 1.29 bits per heavy atom. The number of rotatable bonds is 9. The fraction of sp³-hybridized carbons (Fsp3) is 0.700. The van der Waals surface area contributed by atoms with E-state index in [1.807, 2.05) is 0 Å². The van der Waals surface area contributed by atoms with Crippen LogP contribution in [0.25, 0.3) is 0 Å². The van der Waals surface area contributed by atoms with Crippen molar-refractivity contribution in [2.24, 2.45) is 0 Å². The number of hydrogen-bond acceptors (Lipinski definition) is 6. The maximum atomic E-state index is 12.0. The maximum absolute atomic E-state index is 12.0. The van der Waals surface area contributed by atoms with Gasteiger partial charge in [-0.2, -0.15) is 0 Å². The SMILES string of the molecule is C=CC(=O)OC(CC)OP(=O)(OCC)OCC. The van der Waals surface area contributed by atoms with Gasteiger partial charge in [0, 0.05) is 12.5 Å². The molecule has 0 radical (unpaired) electrons. The topological polar surface area (TPSA) is 71.1 Å². The van der Waals surface area contributed by atoms with E-state index < -0.39 is 20.1 Å². The Morgan fingerprint density at radius 3 is 2.18 bits per heavy atom. The first kappa shape index (κ1) is 16.3. The van der Waals surface area contributed by atoms with E-state index in [1.165, 1.54) is 0 Å². The van der Waals surface area contributed by atoms with Crippen molar-refractivity contribution in [1.29, 1.82) is 0 Å². The van der Waals surface area contributed by atoms with Gasteiger partial charge in [0.1, 0.15) is 0 Å².